The number of methoxy groups -OCH3 is 2. The first-order valence-corrected chi connectivity index (χ1v) is 6.83. The second-order valence-electron chi connectivity index (χ2n) is 4.13. The Balaban J connectivity index is 3.22. The van der Waals surface area contributed by atoms with Crippen molar-refractivity contribution < 1.29 is 22.6 Å². The van der Waals surface area contributed by atoms with Crippen LogP contribution in [0.25, 0.3) is 0 Å². The SMILES string of the molecule is CCNC(CC(F)(F)F)c1ccc(OC)c(Br)c1OC. The summed E-state index contributed by atoms with van der Waals surface area (Å²) in [5.41, 5.74) is 0.444. The van der Waals surface area contributed by atoms with Crippen LogP contribution in [0.5, 0.6) is 11.5 Å². The van der Waals surface area contributed by atoms with Crippen LogP contribution in [0.2, 0.25) is 0 Å². The van der Waals surface area contributed by atoms with Gasteiger partial charge in [0, 0.05) is 11.6 Å². The highest BCUT2D eigenvalue weighted by molar-refractivity contribution is 9.10. The van der Waals surface area contributed by atoms with Crippen LogP contribution in [0.15, 0.2) is 16.6 Å². The highest BCUT2D eigenvalue weighted by atomic mass is 79.9. The molecule has 0 heterocycles. The Morgan fingerprint density at radius 2 is 1.90 bits per heavy atom. The number of hydrogen-bond acceptors (Lipinski definition) is 3. The first-order chi connectivity index (χ1) is 9.34. The maximum absolute atomic E-state index is 12.7. The summed E-state index contributed by atoms with van der Waals surface area (Å²) in [7, 11) is 2.90. The molecule has 0 aliphatic heterocycles. The Morgan fingerprint density at radius 1 is 1.25 bits per heavy atom. The van der Waals surface area contributed by atoms with Crippen LogP contribution in [-0.2, 0) is 0 Å². The fourth-order valence-electron chi connectivity index (χ4n) is 1.96. The smallest absolute Gasteiger partial charge is 0.390 e. The molecule has 1 atom stereocenters. The summed E-state index contributed by atoms with van der Waals surface area (Å²) < 4.78 is 48.9. The second kappa shape index (κ2) is 7.17. The lowest BCUT2D eigenvalue weighted by Crippen LogP contribution is -2.27. The van der Waals surface area contributed by atoms with Gasteiger partial charge in [-0.1, -0.05) is 6.92 Å². The van der Waals surface area contributed by atoms with E-state index in [9.17, 15) is 13.2 Å². The average Bonchev–Trinajstić information content (AvgIpc) is 2.36. The summed E-state index contributed by atoms with van der Waals surface area (Å²) >= 11 is 3.29. The van der Waals surface area contributed by atoms with Crippen LogP contribution in [0.4, 0.5) is 13.2 Å². The normalized spacial score (nSPS) is 13.2. The lowest BCUT2D eigenvalue weighted by molar-refractivity contribution is -0.140. The number of halogens is 4. The molecule has 1 aromatic rings. The summed E-state index contributed by atoms with van der Waals surface area (Å²) in [6.45, 7) is 2.18. The summed E-state index contributed by atoms with van der Waals surface area (Å²) in [6.07, 6.45) is -5.22. The zero-order chi connectivity index (χ0) is 15.3. The Bertz CT molecular complexity index is 452. The standard InChI is InChI=1S/C13H17BrF3NO2/c1-4-18-9(7-13(15,16)17)8-5-6-10(19-2)11(14)12(8)20-3/h5-6,9,18H,4,7H2,1-3H3. The van der Waals surface area contributed by atoms with Gasteiger partial charge >= 0.3 is 6.18 Å². The van der Waals surface area contributed by atoms with Gasteiger partial charge in [-0.05, 0) is 34.6 Å². The first-order valence-electron chi connectivity index (χ1n) is 6.04. The molecule has 1 rings (SSSR count). The zero-order valence-corrected chi connectivity index (χ0v) is 13.1. The molecule has 0 radical (unpaired) electrons. The molecule has 0 aliphatic rings. The van der Waals surface area contributed by atoms with Crippen molar-refractivity contribution in [3.8, 4) is 11.5 Å². The third-order valence-electron chi connectivity index (χ3n) is 2.78. The van der Waals surface area contributed by atoms with Crippen LogP contribution < -0.4 is 14.8 Å². The van der Waals surface area contributed by atoms with Crippen molar-refractivity contribution in [3.05, 3.63) is 22.2 Å². The van der Waals surface area contributed by atoms with E-state index in [0.29, 0.717) is 28.1 Å². The van der Waals surface area contributed by atoms with Gasteiger partial charge in [0.25, 0.3) is 0 Å². The van der Waals surface area contributed by atoms with E-state index >= 15 is 0 Å². The maximum Gasteiger partial charge on any atom is 0.390 e. The second-order valence-corrected chi connectivity index (χ2v) is 4.93. The number of hydrogen-bond donors (Lipinski definition) is 1. The molecule has 1 N–H and O–H groups in total. The van der Waals surface area contributed by atoms with Crippen molar-refractivity contribution >= 4 is 15.9 Å². The van der Waals surface area contributed by atoms with Crippen LogP contribution in [0, 0.1) is 0 Å². The van der Waals surface area contributed by atoms with E-state index in [1.54, 1.807) is 19.1 Å². The van der Waals surface area contributed by atoms with E-state index in [4.69, 9.17) is 9.47 Å². The molecule has 1 unspecified atom stereocenters. The quantitative estimate of drug-likeness (QED) is 0.834. The van der Waals surface area contributed by atoms with E-state index in [-0.39, 0.29) is 0 Å². The van der Waals surface area contributed by atoms with E-state index in [1.807, 2.05) is 0 Å². The number of benzene rings is 1. The number of ether oxygens (including phenoxy) is 2. The molecular formula is C13H17BrF3NO2. The topological polar surface area (TPSA) is 30.5 Å². The molecule has 0 spiro atoms. The van der Waals surface area contributed by atoms with Gasteiger partial charge in [-0.3, -0.25) is 0 Å². The highest BCUT2D eigenvalue weighted by Crippen LogP contribution is 2.42. The predicted molar refractivity (Wildman–Crippen MR) is 74.3 cm³/mol. The largest absolute Gasteiger partial charge is 0.495 e. The highest BCUT2D eigenvalue weighted by Gasteiger charge is 2.34. The summed E-state index contributed by atoms with van der Waals surface area (Å²) in [4.78, 5) is 0. The minimum Gasteiger partial charge on any atom is -0.495 e. The van der Waals surface area contributed by atoms with Crippen molar-refractivity contribution in [3.63, 3.8) is 0 Å². The van der Waals surface area contributed by atoms with E-state index < -0.39 is 18.6 Å². The molecule has 0 aliphatic carbocycles. The van der Waals surface area contributed by atoms with Crippen LogP contribution in [-0.4, -0.2) is 26.9 Å². The Labute approximate surface area is 124 Å². The third kappa shape index (κ3) is 4.28. The molecule has 20 heavy (non-hydrogen) atoms. The van der Waals surface area contributed by atoms with Gasteiger partial charge < -0.3 is 14.8 Å². The first kappa shape index (κ1) is 17.1. The molecule has 0 saturated heterocycles. The number of nitrogens with one attached hydrogen (secondary N) is 1. The minimum absolute atomic E-state index is 0.347. The van der Waals surface area contributed by atoms with Gasteiger partial charge in [0.15, 0.2) is 0 Å². The zero-order valence-electron chi connectivity index (χ0n) is 11.5. The summed E-state index contributed by atoms with van der Waals surface area (Å²) in [6, 6.07) is 2.33. The van der Waals surface area contributed by atoms with Gasteiger partial charge in [-0.15, -0.1) is 0 Å². The molecular weight excluding hydrogens is 339 g/mol. The molecule has 0 bridgehead atoms. The lowest BCUT2D eigenvalue weighted by atomic mass is 10.0. The van der Waals surface area contributed by atoms with Gasteiger partial charge in [0.1, 0.15) is 16.0 Å². The van der Waals surface area contributed by atoms with Crippen LogP contribution in [0.1, 0.15) is 24.9 Å². The van der Waals surface area contributed by atoms with Crippen molar-refractivity contribution in [2.24, 2.45) is 0 Å². The molecule has 0 saturated carbocycles. The number of rotatable bonds is 6. The lowest BCUT2D eigenvalue weighted by Gasteiger charge is -2.23. The molecule has 114 valence electrons. The van der Waals surface area contributed by atoms with E-state index in [0.717, 1.165) is 0 Å². The molecule has 7 heteroatoms. The Hall–Kier alpha value is -0.950. The van der Waals surface area contributed by atoms with Gasteiger partial charge in [0.05, 0.1) is 20.6 Å². The summed E-state index contributed by atoms with van der Waals surface area (Å²) in [5.74, 6) is 0.854. The maximum atomic E-state index is 12.7. The van der Waals surface area contributed by atoms with E-state index in [2.05, 4.69) is 21.2 Å². The van der Waals surface area contributed by atoms with Crippen LogP contribution >= 0.6 is 15.9 Å². The van der Waals surface area contributed by atoms with Crippen LogP contribution in [0.3, 0.4) is 0 Å². The van der Waals surface area contributed by atoms with Crippen molar-refractivity contribution in [2.75, 3.05) is 20.8 Å². The van der Waals surface area contributed by atoms with Crippen molar-refractivity contribution in [1.29, 1.82) is 0 Å². The molecule has 3 nitrogen and oxygen atoms in total. The number of alkyl halides is 3. The molecule has 0 aromatic heterocycles. The Kier molecular flexibility index (Phi) is 6.13. The van der Waals surface area contributed by atoms with Gasteiger partial charge in [-0.25, -0.2) is 0 Å². The average molecular weight is 356 g/mol. The van der Waals surface area contributed by atoms with Gasteiger partial charge in [-0.2, -0.15) is 13.2 Å². The fraction of sp³-hybridized carbons (Fsp3) is 0.538. The molecule has 1 aromatic carbocycles. The predicted octanol–water partition coefficient (Wildman–Crippen LogP) is 4.07. The molecule has 0 fully saturated rings. The minimum atomic E-state index is -4.26. The summed E-state index contributed by atoms with van der Waals surface area (Å²) in [5, 5.41) is 2.83. The van der Waals surface area contributed by atoms with Crippen molar-refractivity contribution in [2.45, 2.75) is 25.6 Å². The monoisotopic (exact) mass is 355 g/mol. The molecule has 0 amide bonds. The third-order valence-corrected chi connectivity index (χ3v) is 3.53. The van der Waals surface area contributed by atoms with E-state index in [1.165, 1.54) is 14.2 Å². The Morgan fingerprint density at radius 3 is 2.35 bits per heavy atom. The fourth-order valence-corrected chi connectivity index (χ4v) is 2.65. The van der Waals surface area contributed by atoms with Gasteiger partial charge in [0.2, 0.25) is 0 Å². The van der Waals surface area contributed by atoms with Crippen molar-refractivity contribution in [1.82, 2.24) is 5.32 Å².